The highest BCUT2D eigenvalue weighted by Gasteiger charge is 2.23. The van der Waals surface area contributed by atoms with Crippen LogP contribution in [0.5, 0.6) is 0 Å². The third-order valence-electron chi connectivity index (χ3n) is 4.12. The van der Waals surface area contributed by atoms with Crippen LogP contribution in [0.3, 0.4) is 0 Å². The fourth-order valence-electron chi connectivity index (χ4n) is 2.68. The van der Waals surface area contributed by atoms with Crippen molar-refractivity contribution in [3.63, 3.8) is 0 Å². The number of hydrogen-bond donors (Lipinski definition) is 1. The van der Waals surface area contributed by atoms with E-state index >= 15 is 0 Å². The summed E-state index contributed by atoms with van der Waals surface area (Å²) >= 11 is 3.50. The molecule has 1 aromatic carbocycles. The quantitative estimate of drug-likeness (QED) is 0.914. The lowest BCUT2D eigenvalue weighted by molar-refractivity contribution is 0.0687. The normalized spacial score (nSPS) is 16.4. The molecule has 1 amide bonds. The van der Waals surface area contributed by atoms with Crippen LogP contribution in [0.15, 0.2) is 22.7 Å². The molecule has 4 heteroatoms. The summed E-state index contributed by atoms with van der Waals surface area (Å²) in [7, 11) is 1.99. The van der Waals surface area contributed by atoms with Gasteiger partial charge in [-0.3, -0.25) is 4.79 Å². The van der Waals surface area contributed by atoms with E-state index in [0.29, 0.717) is 0 Å². The molecule has 1 aromatic rings. The van der Waals surface area contributed by atoms with Crippen LogP contribution in [0.1, 0.15) is 35.2 Å². The molecule has 1 saturated heterocycles. The highest BCUT2D eigenvalue weighted by molar-refractivity contribution is 9.10. The molecule has 0 bridgehead atoms. The zero-order valence-corrected chi connectivity index (χ0v) is 13.9. The Bertz CT molecular complexity index is 468. The minimum atomic E-state index is 0.165. The molecule has 0 unspecified atom stereocenters. The van der Waals surface area contributed by atoms with Gasteiger partial charge in [-0.25, -0.2) is 0 Å². The Labute approximate surface area is 129 Å². The lowest BCUT2D eigenvalue weighted by Gasteiger charge is -2.32. The van der Waals surface area contributed by atoms with Gasteiger partial charge >= 0.3 is 0 Å². The van der Waals surface area contributed by atoms with Crippen LogP contribution in [0.4, 0.5) is 0 Å². The van der Waals surface area contributed by atoms with E-state index in [0.717, 1.165) is 54.0 Å². The second-order valence-electron chi connectivity index (χ2n) is 5.59. The van der Waals surface area contributed by atoms with Gasteiger partial charge in [0.2, 0.25) is 0 Å². The number of rotatable bonds is 4. The van der Waals surface area contributed by atoms with Gasteiger partial charge < -0.3 is 10.2 Å². The number of hydrogen-bond acceptors (Lipinski definition) is 2. The van der Waals surface area contributed by atoms with Crippen molar-refractivity contribution in [2.75, 3.05) is 26.7 Å². The van der Waals surface area contributed by atoms with Crippen LogP contribution in [0.2, 0.25) is 0 Å². The van der Waals surface area contributed by atoms with Crippen molar-refractivity contribution in [1.29, 1.82) is 0 Å². The molecule has 20 heavy (non-hydrogen) atoms. The molecule has 1 aliphatic rings. The fraction of sp³-hybridized carbons (Fsp3) is 0.562. The number of piperidine rings is 1. The van der Waals surface area contributed by atoms with Crippen molar-refractivity contribution in [3.05, 3.63) is 33.8 Å². The van der Waals surface area contributed by atoms with E-state index in [1.807, 2.05) is 37.1 Å². The molecule has 1 N–H and O–H groups in total. The second-order valence-corrected chi connectivity index (χ2v) is 6.45. The molecule has 0 aliphatic carbocycles. The third kappa shape index (κ3) is 3.83. The Kier molecular flexibility index (Phi) is 5.61. The molecule has 0 aromatic heterocycles. The van der Waals surface area contributed by atoms with Crippen molar-refractivity contribution in [2.24, 2.45) is 5.92 Å². The second kappa shape index (κ2) is 7.23. The van der Waals surface area contributed by atoms with Crippen molar-refractivity contribution in [3.8, 4) is 0 Å². The lowest BCUT2D eigenvalue weighted by Crippen LogP contribution is -2.39. The minimum Gasteiger partial charge on any atom is -0.339 e. The first-order valence-electron chi connectivity index (χ1n) is 7.32. The number of amides is 1. The fourth-order valence-corrected chi connectivity index (χ4v) is 3.06. The predicted octanol–water partition coefficient (Wildman–Crippen LogP) is 3.22. The summed E-state index contributed by atoms with van der Waals surface area (Å²) in [6.45, 7) is 4.88. The van der Waals surface area contributed by atoms with E-state index in [2.05, 4.69) is 21.2 Å². The van der Waals surface area contributed by atoms with Crippen molar-refractivity contribution >= 4 is 21.8 Å². The summed E-state index contributed by atoms with van der Waals surface area (Å²) in [5.74, 6) is 0.925. The molecule has 1 aliphatic heterocycles. The summed E-state index contributed by atoms with van der Waals surface area (Å²) in [6.07, 6.45) is 3.47. The highest BCUT2D eigenvalue weighted by atomic mass is 79.9. The summed E-state index contributed by atoms with van der Waals surface area (Å²) in [4.78, 5) is 14.5. The Balaban J connectivity index is 1.92. The molecule has 0 spiro atoms. The van der Waals surface area contributed by atoms with E-state index < -0.39 is 0 Å². The van der Waals surface area contributed by atoms with Gasteiger partial charge in [-0.1, -0.05) is 22.0 Å². The smallest absolute Gasteiger partial charge is 0.253 e. The molecular weight excluding hydrogens is 316 g/mol. The van der Waals surface area contributed by atoms with E-state index in [1.54, 1.807) is 0 Å². The maximum Gasteiger partial charge on any atom is 0.253 e. The molecular formula is C16H23BrN2O. The summed E-state index contributed by atoms with van der Waals surface area (Å²) in [6, 6.07) is 5.86. The topological polar surface area (TPSA) is 32.3 Å². The van der Waals surface area contributed by atoms with Gasteiger partial charge in [0, 0.05) is 23.1 Å². The van der Waals surface area contributed by atoms with E-state index in [9.17, 15) is 4.79 Å². The van der Waals surface area contributed by atoms with E-state index in [-0.39, 0.29) is 5.91 Å². The van der Waals surface area contributed by atoms with Crippen LogP contribution in [0, 0.1) is 12.8 Å². The first kappa shape index (κ1) is 15.5. The molecule has 3 nitrogen and oxygen atoms in total. The van der Waals surface area contributed by atoms with Crippen molar-refractivity contribution < 1.29 is 4.79 Å². The molecule has 0 radical (unpaired) electrons. The van der Waals surface area contributed by atoms with Crippen LogP contribution < -0.4 is 5.32 Å². The molecule has 1 heterocycles. The third-order valence-corrected chi connectivity index (χ3v) is 4.98. The summed E-state index contributed by atoms with van der Waals surface area (Å²) < 4.78 is 1.01. The Morgan fingerprint density at radius 2 is 2.10 bits per heavy atom. The van der Waals surface area contributed by atoms with Gasteiger partial charge in [-0.2, -0.15) is 0 Å². The number of carbonyl (C=O) groups excluding carboxylic acids is 1. The van der Waals surface area contributed by atoms with Gasteiger partial charge in [0.15, 0.2) is 0 Å². The summed E-state index contributed by atoms with van der Waals surface area (Å²) in [5, 5.41) is 3.20. The largest absolute Gasteiger partial charge is 0.339 e. The summed E-state index contributed by atoms with van der Waals surface area (Å²) in [5.41, 5.74) is 1.95. The van der Waals surface area contributed by atoms with Gasteiger partial charge in [0.05, 0.1) is 0 Å². The number of nitrogens with one attached hydrogen (secondary N) is 1. The number of carbonyl (C=O) groups is 1. The molecule has 1 fully saturated rings. The number of nitrogens with zero attached hydrogens (tertiary/aromatic N) is 1. The monoisotopic (exact) mass is 338 g/mol. The van der Waals surface area contributed by atoms with Gasteiger partial charge in [-0.15, -0.1) is 0 Å². The Morgan fingerprint density at radius 1 is 1.40 bits per heavy atom. The molecule has 2 rings (SSSR count). The maximum absolute atomic E-state index is 12.5. The van der Waals surface area contributed by atoms with Gasteiger partial charge in [0.1, 0.15) is 0 Å². The van der Waals surface area contributed by atoms with Crippen LogP contribution in [-0.2, 0) is 0 Å². The molecule has 0 atom stereocenters. The standard InChI is InChI=1S/C16H23BrN2O/c1-12-3-4-14(11-15(12)17)16(20)19-9-6-13(7-10-19)5-8-18-2/h3-4,11,13,18H,5-10H2,1-2H3. The first-order valence-corrected chi connectivity index (χ1v) is 8.11. The Morgan fingerprint density at radius 3 is 2.70 bits per heavy atom. The zero-order chi connectivity index (χ0) is 14.5. The van der Waals surface area contributed by atoms with Crippen LogP contribution in [0.25, 0.3) is 0 Å². The van der Waals surface area contributed by atoms with Crippen LogP contribution in [-0.4, -0.2) is 37.5 Å². The average molecular weight is 339 g/mol. The zero-order valence-electron chi connectivity index (χ0n) is 12.3. The van der Waals surface area contributed by atoms with Gasteiger partial charge in [0.25, 0.3) is 5.91 Å². The molecule has 0 saturated carbocycles. The first-order chi connectivity index (χ1) is 9.61. The van der Waals surface area contributed by atoms with Crippen LogP contribution >= 0.6 is 15.9 Å². The number of halogens is 1. The maximum atomic E-state index is 12.5. The average Bonchev–Trinajstić information content (AvgIpc) is 2.48. The highest BCUT2D eigenvalue weighted by Crippen LogP contribution is 2.23. The number of likely N-dealkylation sites (tertiary alicyclic amines) is 1. The minimum absolute atomic E-state index is 0.165. The Hall–Kier alpha value is -0.870. The van der Waals surface area contributed by atoms with Gasteiger partial charge in [-0.05, 0) is 63.4 Å². The van der Waals surface area contributed by atoms with Crippen molar-refractivity contribution in [1.82, 2.24) is 10.2 Å². The lowest BCUT2D eigenvalue weighted by atomic mass is 9.93. The molecule has 110 valence electrons. The predicted molar refractivity (Wildman–Crippen MR) is 86.1 cm³/mol. The van der Waals surface area contributed by atoms with E-state index in [4.69, 9.17) is 0 Å². The van der Waals surface area contributed by atoms with E-state index in [1.165, 1.54) is 6.42 Å². The SMILES string of the molecule is CNCCC1CCN(C(=O)c2ccc(C)c(Br)c2)CC1. The number of benzene rings is 1. The van der Waals surface area contributed by atoms with Crippen molar-refractivity contribution in [2.45, 2.75) is 26.2 Å². The number of aryl methyl sites for hydroxylation is 1.